The number of nitrogens with one attached hydrogen (secondary N) is 1. The van der Waals surface area contributed by atoms with Gasteiger partial charge in [0.05, 0.1) is 18.7 Å². The first-order valence-electron chi connectivity index (χ1n) is 9.43. The minimum Gasteiger partial charge on any atom is -0.491 e. The fourth-order valence-electron chi connectivity index (χ4n) is 2.95. The van der Waals surface area contributed by atoms with Gasteiger partial charge in [0.2, 0.25) is 5.91 Å². The summed E-state index contributed by atoms with van der Waals surface area (Å²) in [5.74, 6) is 2.29. The number of aryl methyl sites for hydroxylation is 1. The highest BCUT2D eigenvalue weighted by Crippen LogP contribution is 2.26. The summed E-state index contributed by atoms with van der Waals surface area (Å²) in [5.41, 5.74) is 1.60. The van der Waals surface area contributed by atoms with E-state index in [0.29, 0.717) is 19.6 Å². The Labute approximate surface area is 172 Å². The van der Waals surface area contributed by atoms with E-state index in [1.165, 1.54) is 11.3 Å². The van der Waals surface area contributed by atoms with Crippen LogP contribution < -0.4 is 10.1 Å². The zero-order chi connectivity index (χ0) is 20.1. The fourth-order valence-corrected chi connectivity index (χ4v) is 3.73. The van der Waals surface area contributed by atoms with Crippen molar-refractivity contribution < 1.29 is 13.9 Å². The summed E-state index contributed by atoms with van der Waals surface area (Å²) in [5, 5.41) is 6.64. The molecule has 1 amide bonds. The van der Waals surface area contributed by atoms with Gasteiger partial charge in [0.1, 0.15) is 17.0 Å². The maximum absolute atomic E-state index is 12.1. The topological polar surface area (TPSA) is 77.2 Å². The number of ether oxygens (including phenoxy) is 1. The number of amides is 1. The third-order valence-electron chi connectivity index (χ3n) is 4.34. The number of carbonyl (C=O) groups excluding carboxylic acids is 1. The molecule has 0 fully saturated rings. The highest BCUT2D eigenvalue weighted by Gasteiger charge is 2.11. The molecule has 29 heavy (non-hydrogen) atoms. The number of hydrogen-bond donors (Lipinski definition) is 1. The fraction of sp³-hybridized carbons (Fsp3) is 0.227. The molecule has 0 aliphatic rings. The molecular formula is C22H21N3O3S. The molecule has 6 nitrogen and oxygen atoms in total. The molecule has 0 atom stereocenters. The molecule has 0 saturated heterocycles. The van der Waals surface area contributed by atoms with Crippen molar-refractivity contribution in [2.75, 3.05) is 13.2 Å². The van der Waals surface area contributed by atoms with E-state index in [-0.39, 0.29) is 12.3 Å². The second kappa shape index (κ2) is 8.87. The van der Waals surface area contributed by atoms with Gasteiger partial charge in [-0.15, -0.1) is 11.3 Å². The van der Waals surface area contributed by atoms with Crippen molar-refractivity contribution in [1.29, 1.82) is 0 Å². The molecule has 0 aliphatic carbocycles. The largest absolute Gasteiger partial charge is 0.491 e. The van der Waals surface area contributed by atoms with Crippen molar-refractivity contribution in [3.8, 4) is 16.5 Å². The Bertz CT molecular complexity index is 1110. The average Bonchev–Trinajstić information content (AvgIpc) is 3.36. The van der Waals surface area contributed by atoms with Gasteiger partial charge < -0.3 is 14.5 Å². The Morgan fingerprint density at radius 3 is 2.97 bits per heavy atom. The molecule has 3 heterocycles. The molecular weight excluding hydrogens is 386 g/mol. The second-order valence-corrected chi connectivity index (χ2v) is 7.47. The van der Waals surface area contributed by atoms with Crippen molar-refractivity contribution in [2.24, 2.45) is 0 Å². The number of carbonyl (C=O) groups is 1. The number of hydrogen-bond acceptors (Lipinski definition) is 6. The maximum Gasteiger partial charge on any atom is 0.226 e. The third-order valence-corrected chi connectivity index (χ3v) is 5.25. The van der Waals surface area contributed by atoms with E-state index >= 15 is 0 Å². The summed E-state index contributed by atoms with van der Waals surface area (Å²) in [6.07, 6.45) is 2.72. The van der Waals surface area contributed by atoms with E-state index in [2.05, 4.69) is 15.3 Å². The molecule has 0 aliphatic heterocycles. The predicted molar refractivity (Wildman–Crippen MR) is 113 cm³/mol. The van der Waals surface area contributed by atoms with Crippen LogP contribution in [0.25, 0.3) is 21.7 Å². The van der Waals surface area contributed by atoms with Gasteiger partial charge in [0.15, 0.2) is 10.8 Å². The standard InChI is InChI=1S/C22H21N3O3S/c1-15-8-9-19(28-15)22-25-17(14-29-22)13-20(26)23-11-4-12-27-18-7-2-5-16-6-3-10-24-21(16)18/h2-3,5-10,14H,4,11-13H2,1H3,(H,23,26). The predicted octanol–water partition coefficient (Wildman–Crippen LogP) is 4.39. The smallest absolute Gasteiger partial charge is 0.226 e. The lowest BCUT2D eigenvalue weighted by Gasteiger charge is -2.09. The van der Waals surface area contributed by atoms with E-state index in [4.69, 9.17) is 9.15 Å². The van der Waals surface area contributed by atoms with Crippen LogP contribution in [0.5, 0.6) is 5.75 Å². The van der Waals surface area contributed by atoms with Crippen molar-refractivity contribution in [3.05, 3.63) is 65.5 Å². The third kappa shape index (κ3) is 4.81. The summed E-state index contributed by atoms with van der Waals surface area (Å²) >= 11 is 1.48. The highest BCUT2D eigenvalue weighted by atomic mass is 32.1. The van der Waals surface area contributed by atoms with Gasteiger partial charge in [-0.2, -0.15) is 0 Å². The van der Waals surface area contributed by atoms with E-state index in [1.807, 2.05) is 54.8 Å². The van der Waals surface area contributed by atoms with E-state index in [0.717, 1.165) is 38.9 Å². The molecule has 0 saturated carbocycles. The molecule has 0 spiro atoms. The molecule has 1 N–H and O–H groups in total. The Balaban J connectivity index is 1.21. The van der Waals surface area contributed by atoms with Crippen LogP contribution >= 0.6 is 11.3 Å². The quantitative estimate of drug-likeness (QED) is 0.439. The molecule has 1 aromatic carbocycles. The molecule has 148 valence electrons. The Hall–Kier alpha value is -3.19. The number of furan rings is 1. The van der Waals surface area contributed by atoms with E-state index in [1.54, 1.807) is 6.20 Å². The van der Waals surface area contributed by atoms with Crippen molar-refractivity contribution in [1.82, 2.24) is 15.3 Å². The second-order valence-electron chi connectivity index (χ2n) is 6.61. The summed E-state index contributed by atoms with van der Waals surface area (Å²) in [6, 6.07) is 13.6. The first-order chi connectivity index (χ1) is 14.2. The zero-order valence-corrected chi connectivity index (χ0v) is 16.9. The number of benzene rings is 1. The summed E-state index contributed by atoms with van der Waals surface area (Å²) in [7, 11) is 0. The van der Waals surface area contributed by atoms with Crippen molar-refractivity contribution in [3.63, 3.8) is 0 Å². The normalized spacial score (nSPS) is 10.9. The van der Waals surface area contributed by atoms with E-state index < -0.39 is 0 Å². The number of thiazole rings is 1. The Morgan fingerprint density at radius 2 is 2.10 bits per heavy atom. The number of fused-ring (bicyclic) bond motifs is 1. The van der Waals surface area contributed by atoms with Gasteiger partial charge in [-0.3, -0.25) is 9.78 Å². The van der Waals surface area contributed by atoms with E-state index in [9.17, 15) is 4.79 Å². The van der Waals surface area contributed by atoms with Gasteiger partial charge >= 0.3 is 0 Å². The van der Waals surface area contributed by atoms with Gasteiger partial charge in [-0.1, -0.05) is 18.2 Å². The van der Waals surface area contributed by atoms with Crippen molar-refractivity contribution in [2.45, 2.75) is 19.8 Å². The van der Waals surface area contributed by atoms with Gasteiger partial charge in [-0.05, 0) is 37.6 Å². The van der Waals surface area contributed by atoms with Crippen LogP contribution in [0.4, 0.5) is 0 Å². The minimum absolute atomic E-state index is 0.0516. The van der Waals surface area contributed by atoms with Crippen LogP contribution in [0.1, 0.15) is 17.9 Å². The first kappa shape index (κ1) is 19.1. The lowest BCUT2D eigenvalue weighted by molar-refractivity contribution is -0.120. The van der Waals surface area contributed by atoms with Gasteiger partial charge in [0, 0.05) is 23.5 Å². The average molecular weight is 407 g/mol. The SMILES string of the molecule is Cc1ccc(-c2nc(CC(=O)NCCCOc3cccc4cccnc34)cs2)o1. The summed E-state index contributed by atoms with van der Waals surface area (Å²) in [4.78, 5) is 21.0. The van der Waals surface area contributed by atoms with Crippen LogP contribution in [-0.4, -0.2) is 29.0 Å². The first-order valence-corrected chi connectivity index (χ1v) is 10.3. The van der Waals surface area contributed by atoms with Crippen LogP contribution in [0.3, 0.4) is 0 Å². The lowest BCUT2D eigenvalue weighted by Crippen LogP contribution is -2.27. The minimum atomic E-state index is -0.0516. The number of aromatic nitrogens is 2. The van der Waals surface area contributed by atoms with Crippen LogP contribution in [0.2, 0.25) is 0 Å². The molecule has 3 aromatic heterocycles. The molecule has 0 radical (unpaired) electrons. The number of pyridine rings is 1. The van der Waals surface area contributed by atoms with Crippen LogP contribution in [-0.2, 0) is 11.2 Å². The number of rotatable bonds is 8. The lowest BCUT2D eigenvalue weighted by atomic mass is 10.2. The molecule has 0 unspecified atom stereocenters. The number of nitrogens with zero attached hydrogens (tertiary/aromatic N) is 2. The summed E-state index contributed by atoms with van der Waals surface area (Å²) in [6.45, 7) is 2.95. The van der Waals surface area contributed by atoms with Gasteiger partial charge in [0.25, 0.3) is 0 Å². The molecule has 0 bridgehead atoms. The Kier molecular flexibility index (Phi) is 5.86. The maximum atomic E-state index is 12.1. The highest BCUT2D eigenvalue weighted by molar-refractivity contribution is 7.13. The van der Waals surface area contributed by atoms with Crippen LogP contribution in [0, 0.1) is 6.92 Å². The summed E-state index contributed by atoms with van der Waals surface area (Å²) < 4.78 is 11.4. The monoisotopic (exact) mass is 407 g/mol. The van der Waals surface area contributed by atoms with Gasteiger partial charge in [-0.25, -0.2) is 4.98 Å². The Morgan fingerprint density at radius 1 is 1.21 bits per heavy atom. The molecule has 7 heteroatoms. The molecule has 4 rings (SSSR count). The van der Waals surface area contributed by atoms with Crippen molar-refractivity contribution >= 4 is 28.1 Å². The van der Waals surface area contributed by atoms with Crippen LogP contribution in [0.15, 0.2) is 58.5 Å². The zero-order valence-electron chi connectivity index (χ0n) is 16.1. The molecule has 4 aromatic rings. The number of para-hydroxylation sites is 1.